The minimum atomic E-state index is -0.215. The first-order valence-corrected chi connectivity index (χ1v) is 8.80. The topological polar surface area (TPSA) is 41.1 Å². The lowest BCUT2D eigenvalue weighted by molar-refractivity contribution is 0.184. The highest BCUT2D eigenvalue weighted by Crippen LogP contribution is 2.40. The molecular weight excluding hydrogens is 305 g/mol. The van der Waals surface area contributed by atoms with E-state index in [4.69, 9.17) is 4.74 Å². The van der Waals surface area contributed by atoms with Crippen LogP contribution in [-0.4, -0.2) is 40.8 Å². The Labute approximate surface area is 142 Å². The molecule has 0 bridgehead atoms. The molecule has 2 heterocycles. The second-order valence-electron chi connectivity index (χ2n) is 7.34. The zero-order valence-electron chi connectivity index (χ0n) is 14.0. The van der Waals surface area contributed by atoms with Gasteiger partial charge in [0, 0.05) is 25.8 Å². The van der Waals surface area contributed by atoms with Gasteiger partial charge in [-0.3, -0.25) is 5.10 Å². The molecule has 128 valence electrons. The van der Waals surface area contributed by atoms with Crippen LogP contribution in [-0.2, 0) is 0 Å². The van der Waals surface area contributed by atoms with E-state index in [1.807, 2.05) is 12.4 Å². The van der Waals surface area contributed by atoms with E-state index in [9.17, 15) is 4.39 Å². The van der Waals surface area contributed by atoms with E-state index in [0.29, 0.717) is 5.92 Å². The summed E-state index contributed by atoms with van der Waals surface area (Å²) in [5.74, 6) is 2.53. The first-order chi connectivity index (χ1) is 11.7. The van der Waals surface area contributed by atoms with Gasteiger partial charge in [0.25, 0.3) is 0 Å². The van der Waals surface area contributed by atoms with Gasteiger partial charge < -0.3 is 9.64 Å². The highest BCUT2D eigenvalue weighted by atomic mass is 19.1. The number of fused-ring (bicyclic) bond motifs is 1. The van der Waals surface area contributed by atoms with Crippen LogP contribution in [0.25, 0.3) is 0 Å². The largest absolute Gasteiger partial charge is 0.490 e. The molecule has 2 aliphatic rings. The number of nitrogens with zero attached hydrogens (tertiary/aromatic N) is 2. The van der Waals surface area contributed by atoms with Crippen LogP contribution < -0.4 is 4.74 Å². The van der Waals surface area contributed by atoms with Crippen molar-refractivity contribution in [2.24, 2.45) is 11.8 Å². The van der Waals surface area contributed by atoms with Crippen molar-refractivity contribution in [2.75, 3.05) is 19.6 Å². The Kier molecular flexibility index (Phi) is 4.27. The van der Waals surface area contributed by atoms with E-state index < -0.39 is 0 Å². The number of hydrogen-bond acceptors (Lipinski definition) is 3. The Morgan fingerprint density at radius 2 is 1.96 bits per heavy atom. The van der Waals surface area contributed by atoms with Crippen molar-refractivity contribution < 1.29 is 9.13 Å². The van der Waals surface area contributed by atoms with Crippen LogP contribution in [0.3, 0.4) is 0 Å². The number of hydrogen-bond donors (Lipinski definition) is 1. The van der Waals surface area contributed by atoms with E-state index in [0.717, 1.165) is 50.1 Å². The number of rotatable bonds is 5. The summed E-state index contributed by atoms with van der Waals surface area (Å²) in [5.41, 5.74) is 1.28. The third-order valence-electron chi connectivity index (χ3n) is 5.52. The van der Waals surface area contributed by atoms with Crippen LogP contribution in [0, 0.1) is 17.7 Å². The molecule has 24 heavy (non-hydrogen) atoms. The average molecular weight is 329 g/mol. The zero-order chi connectivity index (χ0) is 16.5. The molecule has 1 N–H and O–H groups in total. The minimum absolute atomic E-state index is 0.215. The molecule has 4 rings (SSSR count). The number of aromatic amines is 1. The lowest BCUT2D eigenvalue weighted by Crippen LogP contribution is -2.28. The number of likely N-dealkylation sites (tertiary alicyclic amines) is 1. The van der Waals surface area contributed by atoms with E-state index in [1.54, 1.807) is 12.1 Å². The maximum absolute atomic E-state index is 13.0. The maximum atomic E-state index is 13.0. The van der Waals surface area contributed by atoms with Gasteiger partial charge >= 0.3 is 0 Å². The van der Waals surface area contributed by atoms with Crippen LogP contribution in [0.1, 0.15) is 31.2 Å². The Morgan fingerprint density at radius 1 is 1.25 bits per heavy atom. The lowest BCUT2D eigenvalue weighted by Gasteiger charge is -2.22. The fourth-order valence-corrected chi connectivity index (χ4v) is 4.32. The van der Waals surface area contributed by atoms with Gasteiger partial charge in [0.2, 0.25) is 0 Å². The van der Waals surface area contributed by atoms with Gasteiger partial charge in [-0.2, -0.15) is 5.10 Å². The van der Waals surface area contributed by atoms with Gasteiger partial charge in [0.05, 0.1) is 12.3 Å². The normalized spacial score (nSPS) is 28.0. The number of ether oxygens (including phenoxy) is 1. The van der Waals surface area contributed by atoms with E-state index in [1.165, 1.54) is 17.7 Å². The third kappa shape index (κ3) is 3.31. The SMILES string of the molecule is C[C@@H](CN1C[C@H]2C[C@H](Oc3ccc(F)cc3)C[C@H]2C1)c1cn[nH]c1. The molecule has 2 aromatic rings. The molecule has 1 aromatic carbocycles. The molecule has 0 amide bonds. The molecule has 0 spiro atoms. The molecule has 0 radical (unpaired) electrons. The van der Waals surface area contributed by atoms with Crippen molar-refractivity contribution in [2.45, 2.75) is 31.8 Å². The van der Waals surface area contributed by atoms with E-state index in [2.05, 4.69) is 22.0 Å². The first kappa shape index (κ1) is 15.6. The number of H-pyrrole nitrogens is 1. The molecule has 1 saturated heterocycles. The lowest BCUT2D eigenvalue weighted by atomic mass is 10.0. The fourth-order valence-electron chi connectivity index (χ4n) is 4.32. The first-order valence-electron chi connectivity index (χ1n) is 8.80. The summed E-state index contributed by atoms with van der Waals surface area (Å²) in [6.45, 7) is 5.68. The molecule has 1 aliphatic carbocycles. The smallest absolute Gasteiger partial charge is 0.123 e. The second-order valence-corrected chi connectivity index (χ2v) is 7.34. The quantitative estimate of drug-likeness (QED) is 0.913. The van der Waals surface area contributed by atoms with Gasteiger partial charge in [-0.05, 0) is 60.4 Å². The number of nitrogens with one attached hydrogen (secondary N) is 1. The second kappa shape index (κ2) is 6.55. The molecule has 0 unspecified atom stereocenters. The third-order valence-corrected chi connectivity index (χ3v) is 5.52. The molecule has 1 aliphatic heterocycles. The highest BCUT2D eigenvalue weighted by molar-refractivity contribution is 5.22. The standard InChI is InChI=1S/C19H24FN3O/c1-13(16-8-21-22-9-16)10-23-11-14-6-19(7-15(14)12-23)24-18-4-2-17(20)3-5-18/h2-5,8-9,13-15,19H,6-7,10-12H2,1H3,(H,21,22)/t13-,14-,15+,19+/m0/s1. The summed E-state index contributed by atoms with van der Waals surface area (Å²) in [6, 6.07) is 6.37. The summed E-state index contributed by atoms with van der Waals surface area (Å²) < 4.78 is 19.0. The van der Waals surface area contributed by atoms with Crippen molar-refractivity contribution in [1.29, 1.82) is 0 Å². The van der Waals surface area contributed by atoms with Gasteiger partial charge in [0.1, 0.15) is 11.6 Å². The van der Waals surface area contributed by atoms with Crippen LogP contribution in [0.2, 0.25) is 0 Å². The Balaban J connectivity index is 1.28. The Hall–Kier alpha value is -1.88. The molecule has 5 heteroatoms. The van der Waals surface area contributed by atoms with Crippen molar-refractivity contribution in [3.8, 4) is 5.75 Å². The number of benzene rings is 1. The maximum Gasteiger partial charge on any atom is 0.123 e. The van der Waals surface area contributed by atoms with Crippen molar-refractivity contribution in [3.05, 3.63) is 48.0 Å². The predicted molar refractivity (Wildman–Crippen MR) is 90.5 cm³/mol. The molecule has 2 fully saturated rings. The van der Waals surface area contributed by atoms with Crippen molar-refractivity contribution in [3.63, 3.8) is 0 Å². The Bertz CT molecular complexity index is 644. The summed E-state index contributed by atoms with van der Waals surface area (Å²) in [6.07, 6.45) is 6.42. The van der Waals surface area contributed by atoms with Gasteiger partial charge in [0.15, 0.2) is 0 Å². The summed E-state index contributed by atoms with van der Waals surface area (Å²) >= 11 is 0. The minimum Gasteiger partial charge on any atom is -0.490 e. The molecule has 4 nitrogen and oxygen atoms in total. The average Bonchev–Trinajstić information content (AvgIpc) is 3.25. The fraction of sp³-hybridized carbons (Fsp3) is 0.526. The zero-order valence-corrected chi connectivity index (χ0v) is 14.0. The van der Waals surface area contributed by atoms with Crippen molar-refractivity contribution in [1.82, 2.24) is 15.1 Å². The monoisotopic (exact) mass is 329 g/mol. The van der Waals surface area contributed by atoms with Gasteiger partial charge in [-0.15, -0.1) is 0 Å². The molecule has 1 saturated carbocycles. The number of aromatic nitrogens is 2. The highest BCUT2D eigenvalue weighted by Gasteiger charge is 2.41. The van der Waals surface area contributed by atoms with E-state index >= 15 is 0 Å². The summed E-state index contributed by atoms with van der Waals surface area (Å²) in [5, 5.41) is 6.95. The van der Waals surface area contributed by atoms with Crippen molar-refractivity contribution >= 4 is 0 Å². The van der Waals surface area contributed by atoms with Gasteiger partial charge in [-0.25, -0.2) is 4.39 Å². The van der Waals surface area contributed by atoms with Crippen LogP contribution in [0.4, 0.5) is 4.39 Å². The van der Waals surface area contributed by atoms with Crippen LogP contribution in [0.15, 0.2) is 36.7 Å². The van der Waals surface area contributed by atoms with E-state index in [-0.39, 0.29) is 11.9 Å². The molecular formula is C19H24FN3O. The molecule has 4 atom stereocenters. The van der Waals surface area contributed by atoms with Crippen LogP contribution in [0.5, 0.6) is 5.75 Å². The summed E-state index contributed by atoms with van der Waals surface area (Å²) in [7, 11) is 0. The summed E-state index contributed by atoms with van der Waals surface area (Å²) in [4.78, 5) is 2.58. The number of halogens is 1. The van der Waals surface area contributed by atoms with Gasteiger partial charge in [-0.1, -0.05) is 6.92 Å². The van der Waals surface area contributed by atoms with Crippen LogP contribution >= 0.6 is 0 Å². The predicted octanol–water partition coefficient (Wildman–Crippen LogP) is 3.44. The molecule has 1 aromatic heterocycles. The Morgan fingerprint density at radius 3 is 2.58 bits per heavy atom.